The summed E-state index contributed by atoms with van der Waals surface area (Å²) < 4.78 is 0. The smallest absolute Gasteiger partial charge is 0.220 e. The topological polar surface area (TPSA) is 69.6 Å². The van der Waals surface area contributed by atoms with E-state index in [1.165, 1.54) is 238 Å². The fourth-order valence-corrected chi connectivity index (χ4v) is 8.45. The number of carbonyl (C=O) groups excluding carboxylic acids is 1. The number of unbranched alkanes of at least 4 members (excludes halogenated alkanes) is 39. The van der Waals surface area contributed by atoms with E-state index in [0.717, 1.165) is 38.5 Å². The van der Waals surface area contributed by atoms with Crippen LogP contribution in [-0.4, -0.2) is 34.9 Å². The largest absolute Gasteiger partial charge is 0.394 e. The van der Waals surface area contributed by atoms with Crippen LogP contribution in [0.3, 0.4) is 0 Å². The van der Waals surface area contributed by atoms with Crippen molar-refractivity contribution in [3.05, 3.63) is 36.5 Å². The van der Waals surface area contributed by atoms with Gasteiger partial charge >= 0.3 is 0 Å². The van der Waals surface area contributed by atoms with Gasteiger partial charge in [-0.05, 0) is 44.9 Å². The van der Waals surface area contributed by atoms with Crippen molar-refractivity contribution in [2.24, 2.45) is 0 Å². The molecule has 0 fully saturated rings. The van der Waals surface area contributed by atoms with Gasteiger partial charge in [-0.25, -0.2) is 0 Å². The molecular formula is C56H107NO3. The van der Waals surface area contributed by atoms with Gasteiger partial charge in [-0.3, -0.25) is 4.79 Å². The Bertz CT molecular complexity index is 912. The summed E-state index contributed by atoms with van der Waals surface area (Å²) in [5, 5.41) is 23.1. The highest BCUT2D eigenvalue weighted by Crippen LogP contribution is 2.17. The summed E-state index contributed by atoms with van der Waals surface area (Å²) in [6.07, 6.45) is 70.2. The third kappa shape index (κ3) is 47.7. The van der Waals surface area contributed by atoms with Crippen LogP contribution in [-0.2, 0) is 4.79 Å². The number of hydrogen-bond acceptors (Lipinski definition) is 3. The van der Waals surface area contributed by atoms with Gasteiger partial charge in [0.1, 0.15) is 0 Å². The summed E-state index contributed by atoms with van der Waals surface area (Å²) in [5.74, 6) is -0.0734. The number of allylic oxidation sites excluding steroid dienone is 5. The number of hydrogen-bond donors (Lipinski definition) is 3. The first-order valence-electron chi connectivity index (χ1n) is 27.2. The number of amides is 1. The molecule has 0 rings (SSSR count). The monoisotopic (exact) mass is 842 g/mol. The standard InChI is InChI=1S/C56H107NO3/c1-3-5-7-9-11-13-15-17-19-21-23-24-25-26-27-28-29-30-31-32-33-34-35-37-39-41-43-45-47-49-51-55(59)54(53-58)57-56(60)52-50-48-46-44-42-40-38-36-22-20-18-16-14-12-10-8-6-4-2/h34-35,41,43,49,51,54-55,58-59H,3-33,36-40,42,44-48,50,52-53H2,1-2H3,(H,57,60)/b35-34+,43-41+,51-49+. The second kappa shape index (κ2) is 52.0. The Hall–Kier alpha value is -1.39. The van der Waals surface area contributed by atoms with E-state index in [-0.39, 0.29) is 12.5 Å². The van der Waals surface area contributed by atoms with Crippen LogP contribution in [0.4, 0.5) is 0 Å². The molecule has 60 heavy (non-hydrogen) atoms. The third-order valence-corrected chi connectivity index (χ3v) is 12.6. The quantitative estimate of drug-likeness (QED) is 0.0422. The van der Waals surface area contributed by atoms with Crippen LogP contribution >= 0.6 is 0 Å². The molecule has 0 aromatic heterocycles. The predicted octanol–water partition coefficient (Wildman–Crippen LogP) is 17.7. The average Bonchev–Trinajstić information content (AvgIpc) is 3.25. The molecule has 0 radical (unpaired) electrons. The Morgan fingerprint density at radius 2 is 0.650 bits per heavy atom. The van der Waals surface area contributed by atoms with Crippen molar-refractivity contribution in [1.82, 2.24) is 5.32 Å². The Kier molecular flexibility index (Phi) is 50.8. The molecule has 4 heteroatoms. The van der Waals surface area contributed by atoms with E-state index in [1.54, 1.807) is 6.08 Å². The highest BCUT2D eigenvalue weighted by atomic mass is 16.3. The van der Waals surface area contributed by atoms with Crippen molar-refractivity contribution in [1.29, 1.82) is 0 Å². The minimum atomic E-state index is -0.868. The zero-order valence-corrected chi connectivity index (χ0v) is 40.7. The maximum absolute atomic E-state index is 12.4. The Balaban J connectivity index is 3.54. The Morgan fingerprint density at radius 1 is 0.383 bits per heavy atom. The second-order valence-corrected chi connectivity index (χ2v) is 18.6. The van der Waals surface area contributed by atoms with Crippen LogP contribution < -0.4 is 5.32 Å². The van der Waals surface area contributed by atoms with Gasteiger partial charge in [-0.2, -0.15) is 0 Å². The minimum Gasteiger partial charge on any atom is -0.394 e. The van der Waals surface area contributed by atoms with E-state index >= 15 is 0 Å². The van der Waals surface area contributed by atoms with Gasteiger partial charge in [0, 0.05) is 6.42 Å². The van der Waals surface area contributed by atoms with Crippen molar-refractivity contribution in [2.75, 3.05) is 6.61 Å². The molecule has 354 valence electrons. The van der Waals surface area contributed by atoms with E-state index in [9.17, 15) is 15.0 Å². The van der Waals surface area contributed by atoms with Crippen molar-refractivity contribution in [3.63, 3.8) is 0 Å². The maximum atomic E-state index is 12.4. The van der Waals surface area contributed by atoms with Crippen molar-refractivity contribution < 1.29 is 15.0 Å². The van der Waals surface area contributed by atoms with Gasteiger partial charge in [0.15, 0.2) is 0 Å². The van der Waals surface area contributed by atoms with E-state index in [2.05, 4.69) is 43.5 Å². The van der Waals surface area contributed by atoms with Gasteiger partial charge in [0.2, 0.25) is 5.91 Å². The van der Waals surface area contributed by atoms with E-state index in [1.807, 2.05) is 6.08 Å². The zero-order valence-electron chi connectivity index (χ0n) is 40.7. The van der Waals surface area contributed by atoms with Crippen molar-refractivity contribution in [2.45, 2.75) is 309 Å². The number of rotatable bonds is 50. The highest BCUT2D eigenvalue weighted by molar-refractivity contribution is 5.76. The van der Waals surface area contributed by atoms with Gasteiger partial charge in [-0.15, -0.1) is 0 Å². The molecule has 0 bridgehead atoms. The molecule has 0 heterocycles. The first-order valence-corrected chi connectivity index (χ1v) is 27.2. The lowest BCUT2D eigenvalue weighted by Crippen LogP contribution is -2.45. The zero-order chi connectivity index (χ0) is 43.5. The van der Waals surface area contributed by atoms with Gasteiger partial charge in [0.05, 0.1) is 18.8 Å². The molecule has 0 saturated heterocycles. The molecule has 3 N–H and O–H groups in total. The molecular weight excluding hydrogens is 735 g/mol. The van der Waals surface area contributed by atoms with Crippen molar-refractivity contribution >= 4 is 5.91 Å². The van der Waals surface area contributed by atoms with Crippen LogP contribution in [0.5, 0.6) is 0 Å². The first-order chi connectivity index (χ1) is 29.7. The summed E-state index contributed by atoms with van der Waals surface area (Å²) in [6.45, 7) is 4.32. The fraction of sp³-hybridized carbons (Fsp3) is 0.875. The summed E-state index contributed by atoms with van der Waals surface area (Å²) in [6, 6.07) is -0.643. The number of nitrogens with one attached hydrogen (secondary N) is 1. The number of aliphatic hydroxyl groups excluding tert-OH is 2. The van der Waals surface area contributed by atoms with Gasteiger partial charge < -0.3 is 15.5 Å². The van der Waals surface area contributed by atoms with E-state index in [0.29, 0.717) is 6.42 Å². The average molecular weight is 842 g/mol. The van der Waals surface area contributed by atoms with Crippen LogP contribution in [0.25, 0.3) is 0 Å². The van der Waals surface area contributed by atoms with Gasteiger partial charge in [-0.1, -0.05) is 281 Å². The number of carbonyl (C=O) groups is 1. The highest BCUT2D eigenvalue weighted by Gasteiger charge is 2.18. The molecule has 0 aliphatic rings. The predicted molar refractivity (Wildman–Crippen MR) is 267 cm³/mol. The van der Waals surface area contributed by atoms with E-state index in [4.69, 9.17) is 0 Å². The Labute approximate surface area is 376 Å². The van der Waals surface area contributed by atoms with E-state index < -0.39 is 12.1 Å². The second-order valence-electron chi connectivity index (χ2n) is 18.6. The SMILES string of the molecule is CCCCCCCCCCCCCCCCCCCCCC/C=C/CC/C=C/CC/C=C/C(O)C(CO)NC(=O)CCCCCCCCCCCCCCCCCCCC. The molecule has 2 atom stereocenters. The lowest BCUT2D eigenvalue weighted by molar-refractivity contribution is -0.123. The van der Waals surface area contributed by atoms with Crippen LogP contribution in [0.2, 0.25) is 0 Å². The minimum absolute atomic E-state index is 0.0734. The molecule has 0 aromatic carbocycles. The summed E-state index contributed by atoms with van der Waals surface area (Å²) in [4.78, 5) is 12.4. The molecule has 0 aromatic rings. The summed E-state index contributed by atoms with van der Waals surface area (Å²) in [5.41, 5.74) is 0. The summed E-state index contributed by atoms with van der Waals surface area (Å²) >= 11 is 0. The molecule has 0 aliphatic carbocycles. The van der Waals surface area contributed by atoms with Crippen molar-refractivity contribution in [3.8, 4) is 0 Å². The lowest BCUT2D eigenvalue weighted by Gasteiger charge is -2.19. The molecule has 0 spiro atoms. The Morgan fingerprint density at radius 3 is 0.967 bits per heavy atom. The molecule has 1 amide bonds. The molecule has 0 aliphatic heterocycles. The summed E-state index contributed by atoms with van der Waals surface area (Å²) in [7, 11) is 0. The van der Waals surface area contributed by atoms with Crippen LogP contribution in [0.1, 0.15) is 296 Å². The molecule has 4 nitrogen and oxygen atoms in total. The first kappa shape index (κ1) is 58.6. The lowest BCUT2D eigenvalue weighted by atomic mass is 10.0. The van der Waals surface area contributed by atoms with Crippen LogP contribution in [0.15, 0.2) is 36.5 Å². The molecule has 2 unspecified atom stereocenters. The number of aliphatic hydroxyl groups is 2. The van der Waals surface area contributed by atoms with Gasteiger partial charge in [0.25, 0.3) is 0 Å². The fourth-order valence-electron chi connectivity index (χ4n) is 8.45. The maximum Gasteiger partial charge on any atom is 0.220 e. The van der Waals surface area contributed by atoms with Crippen LogP contribution in [0, 0.1) is 0 Å². The molecule has 0 saturated carbocycles. The third-order valence-electron chi connectivity index (χ3n) is 12.6. The normalized spacial score (nSPS) is 13.1.